The third-order valence-electron chi connectivity index (χ3n) is 7.85. The van der Waals surface area contributed by atoms with Gasteiger partial charge in [-0.25, -0.2) is 4.98 Å². The second-order valence-corrected chi connectivity index (χ2v) is 10.5. The van der Waals surface area contributed by atoms with E-state index >= 15 is 0 Å². The highest BCUT2D eigenvalue weighted by molar-refractivity contribution is 5.95. The minimum atomic E-state index is -0.0761. The summed E-state index contributed by atoms with van der Waals surface area (Å²) in [6.07, 6.45) is 7.12. The molecule has 2 fully saturated rings. The molecular weight excluding hydrogens is 470 g/mol. The number of nitrogens with zero attached hydrogens (tertiary/aromatic N) is 1. The number of anilines is 1. The number of carbonyl (C=O) groups excluding carboxylic acids is 1. The van der Waals surface area contributed by atoms with Crippen LogP contribution in [-0.4, -0.2) is 35.0 Å². The first-order valence-corrected chi connectivity index (χ1v) is 13.8. The summed E-state index contributed by atoms with van der Waals surface area (Å²) in [5.41, 5.74) is 6.86. The van der Waals surface area contributed by atoms with E-state index in [9.17, 15) is 4.79 Å². The van der Waals surface area contributed by atoms with Crippen LogP contribution >= 0.6 is 0 Å². The molecule has 3 atom stereocenters. The summed E-state index contributed by atoms with van der Waals surface area (Å²) in [5.74, 6) is 1.32. The molecule has 0 radical (unpaired) electrons. The first kappa shape index (κ1) is 24.6. The zero-order chi connectivity index (χ0) is 25.7. The summed E-state index contributed by atoms with van der Waals surface area (Å²) in [7, 11) is 0. The van der Waals surface area contributed by atoms with E-state index in [-0.39, 0.29) is 17.9 Å². The first-order valence-electron chi connectivity index (χ1n) is 13.8. The lowest BCUT2D eigenvalue weighted by molar-refractivity contribution is -0.117. The number of nitrogens with one attached hydrogen (secondary N) is 4. The van der Waals surface area contributed by atoms with Gasteiger partial charge in [-0.2, -0.15) is 0 Å². The summed E-state index contributed by atoms with van der Waals surface area (Å²) in [4.78, 5) is 20.6. The number of aromatic amines is 1. The van der Waals surface area contributed by atoms with Gasteiger partial charge in [0.15, 0.2) is 0 Å². The molecule has 1 aromatic heterocycles. The van der Waals surface area contributed by atoms with Gasteiger partial charge in [-0.05, 0) is 79.6 Å². The quantitative estimate of drug-likeness (QED) is 0.253. The molecule has 2 aliphatic heterocycles. The second-order valence-electron chi connectivity index (χ2n) is 10.5. The van der Waals surface area contributed by atoms with Crippen molar-refractivity contribution in [1.29, 1.82) is 0 Å². The van der Waals surface area contributed by atoms with E-state index in [1.54, 1.807) is 0 Å². The lowest BCUT2D eigenvalue weighted by atomic mass is 9.85. The Morgan fingerprint density at radius 2 is 1.61 bits per heavy atom. The van der Waals surface area contributed by atoms with Crippen LogP contribution in [0.15, 0.2) is 85.1 Å². The summed E-state index contributed by atoms with van der Waals surface area (Å²) in [6, 6.07) is 28.1. The number of aromatic nitrogens is 2. The third-order valence-corrected chi connectivity index (χ3v) is 7.85. The molecule has 1 amide bonds. The molecule has 4 aromatic rings. The van der Waals surface area contributed by atoms with E-state index in [4.69, 9.17) is 0 Å². The van der Waals surface area contributed by atoms with Gasteiger partial charge in [-0.3, -0.25) is 4.79 Å². The van der Waals surface area contributed by atoms with Crippen LogP contribution in [-0.2, 0) is 11.2 Å². The number of hydrogen-bond acceptors (Lipinski definition) is 4. The van der Waals surface area contributed by atoms with Crippen LogP contribution in [0.2, 0.25) is 0 Å². The average molecular weight is 506 g/mol. The predicted octanol–water partition coefficient (Wildman–Crippen LogP) is 5.57. The standard InChI is InChI=1S/C32H35N5O/c38-32(29-9-5-19-34-29)36-26-16-10-22(11-17-26)20-27(23-6-2-1-3-7-23)24-12-14-25(15-13-24)30-21-35-31(37-30)28-8-4-18-33-28/h1-3,6-7,10-17,21,27-29,33-34H,4-5,8-9,18-20H2,(H,35,37)(H,36,38). The van der Waals surface area contributed by atoms with Gasteiger partial charge in [-0.15, -0.1) is 0 Å². The largest absolute Gasteiger partial charge is 0.341 e. The fraction of sp³-hybridized carbons (Fsp3) is 0.312. The van der Waals surface area contributed by atoms with Crippen molar-refractivity contribution in [3.63, 3.8) is 0 Å². The van der Waals surface area contributed by atoms with Gasteiger partial charge in [0.05, 0.1) is 24.0 Å². The molecule has 194 valence electrons. The maximum Gasteiger partial charge on any atom is 0.241 e. The van der Waals surface area contributed by atoms with Crippen LogP contribution in [0.1, 0.15) is 60.2 Å². The number of carbonyl (C=O) groups is 1. The fourth-order valence-electron chi connectivity index (χ4n) is 5.68. The Kier molecular flexibility index (Phi) is 7.33. The van der Waals surface area contributed by atoms with Crippen molar-refractivity contribution in [2.45, 2.75) is 50.1 Å². The summed E-state index contributed by atoms with van der Waals surface area (Å²) in [6.45, 7) is 1.98. The van der Waals surface area contributed by atoms with Crippen LogP contribution in [0, 0.1) is 0 Å². The normalized spacial score (nSPS) is 19.9. The van der Waals surface area contributed by atoms with Gasteiger partial charge < -0.3 is 20.9 Å². The summed E-state index contributed by atoms with van der Waals surface area (Å²) >= 11 is 0. The van der Waals surface area contributed by atoms with Gasteiger partial charge in [0.25, 0.3) is 0 Å². The van der Waals surface area contributed by atoms with Crippen LogP contribution in [0.3, 0.4) is 0 Å². The molecule has 0 aliphatic carbocycles. The molecule has 3 unspecified atom stereocenters. The maximum absolute atomic E-state index is 12.5. The van der Waals surface area contributed by atoms with Crippen molar-refractivity contribution in [2.24, 2.45) is 0 Å². The highest BCUT2D eigenvalue weighted by Crippen LogP contribution is 2.31. The third kappa shape index (κ3) is 5.57. The smallest absolute Gasteiger partial charge is 0.241 e. The number of benzene rings is 3. The molecule has 3 heterocycles. The molecule has 6 nitrogen and oxygen atoms in total. The second kappa shape index (κ2) is 11.3. The zero-order valence-corrected chi connectivity index (χ0v) is 21.6. The lowest BCUT2D eigenvalue weighted by Crippen LogP contribution is -2.35. The average Bonchev–Trinajstić information content (AvgIpc) is 3.76. The van der Waals surface area contributed by atoms with E-state index in [2.05, 4.69) is 92.6 Å². The van der Waals surface area contributed by atoms with Crippen molar-refractivity contribution >= 4 is 11.6 Å². The minimum Gasteiger partial charge on any atom is -0.341 e. The van der Waals surface area contributed by atoms with Gasteiger partial charge in [0.2, 0.25) is 5.91 Å². The Labute approximate surface area is 224 Å². The molecule has 3 aromatic carbocycles. The summed E-state index contributed by atoms with van der Waals surface area (Å²) in [5, 5.41) is 9.82. The van der Waals surface area contributed by atoms with Crippen molar-refractivity contribution in [3.05, 3.63) is 108 Å². The van der Waals surface area contributed by atoms with E-state index in [1.807, 2.05) is 18.3 Å². The van der Waals surface area contributed by atoms with Crippen molar-refractivity contribution in [2.75, 3.05) is 18.4 Å². The van der Waals surface area contributed by atoms with Crippen molar-refractivity contribution in [1.82, 2.24) is 20.6 Å². The Morgan fingerprint density at radius 1 is 0.868 bits per heavy atom. The molecule has 4 N–H and O–H groups in total. The van der Waals surface area contributed by atoms with Crippen molar-refractivity contribution < 1.29 is 4.79 Å². The van der Waals surface area contributed by atoms with Crippen LogP contribution in [0.5, 0.6) is 0 Å². The lowest BCUT2D eigenvalue weighted by Gasteiger charge is -2.19. The van der Waals surface area contributed by atoms with E-state index < -0.39 is 0 Å². The zero-order valence-electron chi connectivity index (χ0n) is 21.6. The van der Waals surface area contributed by atoms with Gasteiger partial charge in [0, 0.05) is 11.6 Å². The molecule has 2 aliphatic rings. The molecule has 38 heavy (non-hydrogen) atoms. The minimum absolute atomic E-state index is 0.0568. The fourth-order valence-corrected chi connectivity index (χ4v) is 5.68. The molecule has 0 bridgehead atoms. The van der Waals surface area contributed by atoms with Crippen LogP contribution in [0.4, 0.5) is 5.69 Å². The number of hydrogen-bond donors (Lipinski definition) is 4. The molecule has 0 saturated carbocycles. The summed E-state index contributed by atoms with van der Waals surface area (Å²) < 4.78 is 0. The van der Waals surface area contributed by atoms with Gasteiger partial charge >= 0.3 is 0 Å². The molecule has 6 rings (SSSR count). The predicted molar refractivity (Wildman–Crippen MR) is 152 cm³/mol. The van der Waals surface area contributed by atoms with E-state index in [0.29, 0.717) is 6.04 Å². The van der Waals surface area contributed by atoms with Crippen LogP contribution in [0.25, 0.3) is 11.3 Å². The SMILES string of the molecule is O=C(Nc1ccc(CC(c2ccccc2)c2ccc(-c3cnc(C4CCCN4)[nH]3)cc2)cc1)C1CCCN1. The Hall–Kier alpha value is -3.74. The molecule has 2 saturated heterocycles. The highest BCUT2D eigenvalue weighted by Gasteiger charge is 2.22. The number of H-pyrrole nitrogens is 1. The van der Waals surface area contributed by atoms with Crippen LogP contribution < -0.4 is 16.0 Å². The first-order chi connectivity index (χ1) is 18.7. The highest BCUT2D eigenvalue weighted by atomic mass is 16.2. The van der Waals surface area contributed by atoms with E-state index in [1.165, 1.54) is 23.1 Å². The van der Waals surface area contributed by atoms with E-state index in [0.717, 1.165) is 61.5 Å². The number of rotatable bonds is 8. The Morgan fingerprint density at radius 3 is 2.32 bits per heavy atom. The van der Waals surface area contributed by atoms with Crippen molar-refractivity contribution in [3.8, 4) is 11.3 Å². The number of imidazole rings is 1. The van der Waals surface area contributed by atoms with Gasteiger partial charge in [0.1, 0.15) is 5.82 Å². The molecular formula is C32H35N5O. The molecule has 0 spiro atoms. The van der Waals surface area contributed by atoms with Gasteiger partial charge in [-0.1, -0.05) is 66.7 Å². The Bertz CT molecular complexity index is 1330. The molecule has 6 heteroatoms. The Balaban J connectivity index is 1.18. The number of amides is 1. The monoisotopic (exact) mass is 505 g/mol. The topological polar surface area (TPSA) is 81.8 Å². The maximum atomic E-state index is 12.5.